The molecular weight excluding hydrogens is 338 g/mol. The van der Waals surface area contributed by atoms with Crippen LogP contribution in [0.5, 0.6) is 17.2 Å². The van der Waals surface area contributed by atoms with Gasteiger partial charge in [-0.2, -0.15) is 0 Å². The first kappa shape index (κ1) is 18.7. The first-order chi connectivity index (χ1) is 12.2. The van der Waals surface area contributed by atoms with Crippen molar-refractivity contribution in [3.63, 3.8) is 0 Å². The lowest BCUT2D eigenvalue weighted by molar-refractivity contribution is -0.116. The fourth-order valence-corrected chi connectivity index (χ4v) is 2.81. The summed E-state index contributed by atoms with van der Waals surface area (Å²) < 4.78 is 15.9. The molecule has 25 heavy (non-hydrogen) atoms. The lowest BCUT2D eigenvalue weighted by Crippen LogP contribution is -2.20. The quantitative estimate of drug-likeness (QED) is 0.576. The molecule has 6 heteroatoms. The van der Waals surface area contributed by atoms with Gasteiger partial charge in [0.1, 0.15) is 5.75 Å². The predicted octanol–water partition coefficient (Wildman–Crippen LogP) is 3.63. The molecule has 1 amide bonds. The fourth-order valence-electron chi connectivity index (χ4n) is 2.15. The van der Waals surface area contributed by atoms with Gasteiger partial charge >= 0.3 is 0 Å². The summed E-state index contributed by atoms with van der Waals surface area (Å²) in [6.07, 6.45) is 1.50. The molecule has 0 atom stereocenters. The van der Waals surface area contributed by atoms with Crippen molar-refractivity contribution >= 4 is 17.7 Å². The molecule has 0 aromatic heterocycles. The van der Waals surface area contributed by atoms with Crippen molar-refractivity contribution in [1.29, 1.82) is 0 Å². The maximum Gasteiger partial charge on any atom is 0.244 e. The van der Waals surface area contributed by atoms with Crippen molar-refractivity contribution < 1.29 is 19.0 Å². The molecule has 0 unspecified atom stereocenters. The van der Waals surface area contributed by atoms with E-state index in [1.54, 1.807) is 38.9 Å². The zero-order chi connectivity index (χ0) is 18.1. The Bertz CT molecular complexity index is 732. The summed E-state index contributed by atoms with van der Waals surface area (Å²) in [6.45, 7) is 0.322. The Balaban J connectivity index is 1.96. The molecule has 132 valence electrons. The summed E-state index contributed by atoms with van der Waals surface area (Å²) in [4.78, 5) is 13.1. The molecule has 0 saturated carbocycles. The van der Waals surface area contributed by atoms with Gasteiger partial charge in [-0.05, 0) is 23.6 Å². The average Bonchev–Trinajstić information content (AvgIpc) is 2.66. The Labute approximate surface area is 152 Å². The van der Waals surface area contributed by atoms with Crippen LogP contribution in [0.2, 0.25) is 0 Å². The molecule has 0 aliphatic heterocycles. The second-order valence-corrected chi connectivity index (χ2v) is 5.95. The third-order valence-electron chi connectivity index (χ3n) is 3.41. The Morgan fingerprint density at radius 2 is 1.64 bits per heavy atom. The number of methoxy groups -OCH3 is 3. The van der Waals surface area contributed by atoms with Gasteiger partial charge in [0.2, 0.25) is 5.91 Å². The number of thioether (sulfide) groups is 1. The molecule has 0 heterocycles. The van der Waals surface area contributed by atoms with E-state index in [9.17, 15) is 4.79 Å². The van der Waals surface area contributed by atoms with Crippen LogP contribution in [-0.2, 0) is 11.3 Å². The van der Waals surface area contributed by atoms with E-state index in [4.69, 9.17) is 14.2 Å². The summed E-state index contributed by atoms with van der Waals surface area (Å²) in [7, 11) is 4.70. The molecule has 0 bridgehead atoms. The van der Waals surface area contributed by atoms with E-state index >= 15 is 0 Å². The standard InChI is InChI=1S/C19H21NO4S/c1-22-16-12-18(24-3)17(23-2)11-14(16)13-20-19(21)9-10-25-15-7-5-4-6-8-15/h4-12H,13H2,1-3H3,(H,20,21)/b10-9+. The Morgan fingerprint density at radius 3 is 2.28 bits per heavy atom. The largest absolute Gasteiger partial charge is 0.496 e. The zero-order valence-electron chi connectivity index (χ0n) is 14.4. The van der Waals surface area contributed by atoms with E-state index in [1.165, 1.54) is 17.8 Å². The van der Waals surface area contributed by atoms with Gasteiger partial charge in [0.15, 0.2) is 11.5 Å². The number of hydrogen-bond donors (Lipinski definition) is 1. The van der Waals surface area contributed by atoms with Crippen molar-refractivity contribution in [3.05, 3.63) is 59.5 Å². The van der Waals surface area contributed by atoms with E-state index in [-0.39, 0.29) is 5.91 Å². The van der Waals surface area contributed by atoms with Crippen LogP contribution in [0.15, 0.2) is 58.8 Å². The highest BCUT2D eigenvalue weighted by atomic mass is 32.2. The number of benzene rings is 2. The number of carbonyl (C=O) groups is 1. The molecule has 0 radical (unpaired) electrons. The van der Waals surface area contributed by atoms with Gasteiger partial charge in [-0.25, -0.2) is 0 Å². The minimum Gasteiger partial charge on any atom is -0.496 e. The minimum absolute atomic E-state index is 0.180. The molecule has 5 nitrogen and oxygen atoms in total. The maximum atomic E-state index is 12.0. The zero-order valence-corrected chi connectivity index (χ0v) is 15.3. The normalized spacial score (nSPS) is 10.5. The second-order valence-electron chi connectivity index (χ2n) is 4.97. The van der Waals surface area contributed by atoms with Crippen LogP contribution in [0.4, 0.5) is 0 Å². The van der Waals surface area contributed by atoms with Gasteiger partial charge < -0.3 is 19.5 Å². The lowest BCUT2D eigenvalue weighted by Gasteiger charge is -2.14. The molecule has 0 aliphatic rings. The predicted molar refractivity (Wildman–Crippen MR) is 99.4 cm³/mol. The second kappa shape index (κ2) is 9.64. The van der Waals surface area contributed by atoms with Gasteiger partial charge in [0.25, 0.3) is 0 Å². The fraction of sp³-hybridized carbons (Fsp3) is 0.211. The summed E-state index contributed by atoms with van der Waals surface area (Å²) in [6, 6.07) is 13.4. The van der Waals surface area contributed by atoms with E-state index < -0.39 is 0 Å². The number of nitrogens with one attached hydrogen (secondary N) is 1. The molecule has 2 aromatic carbocycles. The topological polar surface area (TPSA) is 56.8 Å². The highest BCUT2D eigenvalue weighted by Gasteiger charge is 2.12. The van der Waals surface area contributed by atoms with Crippen LogP contribution in [0.3, 0.4) is 0 Å². The van der Waals surface area contributed by atoms with Crippen molar-refractivity contribution in [1.82, 2.24) is 5.32 Å². The summed E-state index contributed by atoms with van der Waals surface area (Å²) in [5.41, 5.74) is 0.803. The SMILES string of the molecule is COc1cc(OC)c(OC)cc1CNC(=O)/C=C/Sc1ccccc1. The highest BCUT2D eigenvalue weighted by Crippen LogP contribution is 2.34. The minimum atomic E-state index is -0.180. The van der Waals surface area contributed by atoms with Gasteiger partial charge in [-0.1, -0.05) is 30.0 Å². The van der Waals surface area contributed by atoms with E-state index in [2.05, 4.69) is 5.32 Å². The summed E-state index contributed by atoms with van der Waals surface area (Å²) in [5.74, 6) is 1.61. The first-order valence-electron chi connectivity index (χ1n) is 7.63. The van der Waals surface area contributed by atoms with Crippen LogP contribution in [0, 0.1) is 0 Å². The van der Waals surface area contributed by atoms with Crippen molar-refractivity contribution in [3.8, 4) is 17.2 Å². The molecule has 1 N–H and O–H groups in total. The van der Waals surface area contributed by atoms with Crippen LogP contribution in [0.1, 0.15) is 5.56 Å². The molecule has 0 aliphatic carbocycles. The molecular formula is C19H21NO4S. The van der Waals surface area contributed by atoms with Crippen LogP contribution in [-0.4, -0.2) is 27.2 Å². The number of amides is 1. The average molecular weight is 359 g/mol. The Hall–Kier alpha value is -2.60. The van der Waals surface area contributed by atoms with E-state index in [1.807, 2.05) is 30.3 Å². The number of rotatable bonds is 8. The maximum absolute atomic E-state index is 12.0. The third kappa shape index (κ3) is 5.46. The van der Waals surface area contributed by atoms with E-state index in [0.717, 1.165) is 10.5 Å². The van der Waals surface area contributed by atoms with Crippen LogP contribution < -0.4 is 19.5 Å². The van der Waals surface area contributed by atoms with Crippen molar-refractivity contribution in [2.75, 3.05) is 21.3 Å². The van der Waals surface area contributed by atoms with Crippen molar-refractivity contribution in [2.24, 2.45) is 0 Å². The molecule has 2 aromatic rings. The van der Waals surface area contributed by atoms with Gasteiger partial charge in [0, 0.05) is 29.1 Å². The monoisotopic (exact) mass is 359 g/mol. The summed E-state index contributed by atoms with van der Waals surface area (Å²) in [5, 5.41) is 4.59. The Kier molecular flexibility index (Phi) is 7.22. The third-order valence-corrected chi connectivity index (χ3v) is 4.22. The van der Waals surface area contributed by atoms with Crippen LogP contribution in [0.25, 0.3) is 0 Å². The molecule has 2 rings (SSSR count). The smallest absolute Gasteiger partial charge is 0.244 e. The lowest BCUT2D eigenvalue weighted by atomic mass is 10.1. The van der Waals surface area contributed by atoms with E-state index in [0.29, 0.717) is 23.8 Å². The molecule has 0 spiro atoms. The number of carbonyl (C=O) groups excluding carboxylic acids is 1. The number of hydrogen-bond acceptors (Lipinski definition) is 5. The first-order valence-corrected chi connectivity index (χ1v) is 8.51. The summed E-state index contributed by atoms with van der Waals surface area (Å²) >= 11 is 1.49. The molecule has 0 saturated heterocycles. The van der Waals surface area contributed by atoms with Crippen LogP contribution >= 0.6 is 11.8 Å². The van der Waals surface area contributed by atoms with Crippen molar-refractivity contribution in [2.45, 2.75) is 11.4 Å². The molecule has 0 fully saturated rings. The van der Waals surface area contributed by atoms with Gasteiger partial charge in [-0.3, -0.25) is 4.79 Å². The highest BCUT2D eigenvalue weighted by molar-refractivity contribution is 8.02. The van der Waals surface area contributed by atoms with Gasteiger partial charge in [-0.15, -0.1) is 0 Å². The van der Waals surface area contributed by atoms with Gasteiger partial charge in [0.05, 0.1) is 21.3 Å². The number of ether oxygens (including phenoxy) is 3. The Morgan fingerprint density at radius 1 is 1.00 bits per heavy atom.